The summed E-state index contributed by atoms with van der Waals surface area (Å²) in [5.41, 5.74) is 1.47. The van der Waals surface area contributed by atoms with E-state index in [0.29, 0.717) is 11.4 Å². The molecule has 0 aliphatic carbocycles. The van der Waals surface area contributed by atoms with Crippen LogP contribution in [0.1, 0.15) is 5.76 Å². The summed E-state index contributed by atoms with van der Waals surface area (Å²) in [7, 11) is 0. The Bertz CT molecular complexity index is 434. The van der Waals surface area contributed by atoms with E-state index in [4.69, 9.17) is 4.52 Å². The normalized spacial score (nSPS) is 10.9. The monoisotopic (exact) mass is 187 g/mol. The molecule has 0 saturated heterocycles. The number of nitrogens with zero attached hydrogens (tertiary/aromatic N) is 3. The summed E-state index contributed by atoms with van der Waals surface area (Å²) in [5.74, 6) is 0.671. The van der Waals surface area contributed by atoms with Crippen LogP contribution in [0.4, 0.5) is 11.4 Å². The summed E-state index contributed by atoms with van der Waals surface area (Å²) in [4.78, 5) is 0. The number of hydrogen-bond donors (Lipinski definition) is 0. The van der Waals surface area contributed by atoms with E-state index in [1.54, 1.807) is 13.1 Å². The number of aromatic nitrogens is 1. The third kappa shape index (κ3) is 1.85. The van der Waals surface area contributed by atoms with Gasteiger partial charge >= 0.3 is 0 Å². The molecule has 0 fully saturated rings. The molecule has 0 bridgehead atoms. The van der Waals surface area contributed by atoms with Gasteiger partial charge in [-0.3, -0.25) is 0 Å². The van der Waals surface area contributed by atoms with E-state index in [0.717, 1.165) is 5.69 Å². The fraction of sp³-hybridized carbons (Fsp3) is 0.100. The third-order valence-electron chi connectivity index (χ3n) is 1.75. The van der Waals surface area contributed by atoms with Gasteiger partial charge in [-0.15, -0.1) is 5.11 Å². The van der Waals surface area contributed by atoms with Gasteiger partial charge in [0.05, 0.1) is 11.9 Å². The van der Waals surface area contributed by atoms with Gasteiger partial charge in [0.1, 0.15) is 5.69 Å². The zero-order valence-corrected chi connectivity index (χ0v) is 7.71. The number of hydrogen-bond acceptors (Lipinski definition) is 4. The zero-order chi connectivity index (χ0) is 9.80. The van der Waals surface area contributed by atoms with Crippen LogP contribution in [0.3, 0.4) is 0 Å². The Morgan fingerprint density at radius 3 is 2.57 bits per heavy atom. The average molecular weight is 187 g/mol. The highest BCUT2D eigenvalue weighted by atomic mass is 16.5. The van der Waals surface area contributed by atoms with Crippen LogP contribution >= 0.6 is 0 Å². The second-order valence-electron chi connectivity index (χ2n) is 2.80. The fourth-order valence-electron chi connectivity index (χ4n) is 0.995. The third-order valence-corrected chi connectivity index (χ3v) is 1.75. The maximum absolute atomic E-state index is 4.85. The van der Waals surface area contributed by atoms with Gasteiger partial charge in [0.25, 0.3) is 0 Å². The Labute approximate surface area is 81.3 Å². The summed E-state index contributed by atoms with van der Waals surface area (Å²) in [6, 6.07) is 9.52. The van der Waals surface area contributed by atoms with Crippen LogP contribution < -0.4 is 0 Å². The predicted molar refractivity (Wildman–Crippen MR) is 51.9 cm³/mol. The van der Waals surface area contributed by atoms with Crippen LogP contribution in [0, 0.1) is 6.92 Å². The van der Waals surface area contributed by atoms with Crippen molar-refractivity contribution in [3.05, 3.63) is 42.3 Å². The van der Waals surface area contributed by atoms with Gasteiger partial charge in [-0.25, -0.2) is 0 Å². The van der Waals surface area contributed by atoms with E-state index in [1.165, 1.54) is 0 Å². The lowest BCUT2D eigenvalue weighted by molar-refractivity contribution is 0.397. The molecule has 0 radical (unpaired) electrons. The van der Waals surface area contributed by atoms with E-state index in [-0.39, 0.29) is 0 Å². The average Bonchev–Trinajstić information content (AvgIpc) is 2.63. The molecule has 0 amide bonds. The largest absolute Gasteiger partial charge is 0.359 e. The minimum atomic E-state index is 0.661. The highest BCUT2D eigenvalue weighted by Crippen LogP contribution is 2.20. The van der Waals surface area contributed by atoms with Crippen LogP contribution in [0.25, 0.3) is 0 Å². The number of aryl methyl sites for hydroxylation is 1. The molecule has 2 rings (SSSR count). The van der Waals surface area contributed by atoms with Crippen molar-refractivity contribution in [3.63, 3.8) is 0 Å². The van der Waals surface area contributed by atoms with Crippen molar-refractivity contribution in [2.24, 2.45) is 10.2 Å². The minimum Gasteiger partial charge on any atom is -0.359 e. The predicted octanol–water partition coefficient (Wildman–Crippen LogP) is 3.40. The summed E-state index contributed by atoms with van der Waals surface area (Å²) >= 11 is 0. The van der Waals surface area contributed by atoms with Crippen LogP contribution in [0.5, 0.6) is 0 Å². The van der Waals surface area contributed by atoms with Gasteiger partial charge in [0.15, 0.2) is 5.76 Å². The van der Waals surface area contributed by atoms with Crippen molar-refractivity contribution in [2.75, 3.05) is 0 Å². The lowest BCUT2D eigenvalue weighted by Crippen LogP contribution is -1.63. The maximum Gasteiger partial charge on any atom is 0.161 e. The molecule has 1 aromatic heterocycles. The minimum absolute atomic E-state index is 0.661. The van der Waals surface area contributed by atoms with Crippen molar-refractivity contribution in [1.82, 2.24) is 5.16 Å². The quantitative estimate of drug-likeness (QED) is 0.676. The van der Waals surface area contributed by atoms with Crippen molar-refractivity contribution in [2.45, 2.75) is 6.92 Å². The first-order valence-corrected chi connectivity index (χ1v) is 4.24. The highest BCUT2D eigenvalue weighted by Gasteiger charge is 1.99. The molecule has 0 spiro atoms. The van der Waals surface area contributed by atoms with Gasteiger partial charge in [0.2, 0.25) is 0 Å². The van der Waals surface area contributed by atoms with E-state index >= 15 is 0 Å². The van der Waals surface area contributed by atoms with Crippen molar-refractivity contribution < 1.29 is 4.52 Å². The Balaban J connectivity index is 2.20. The Hall–Kier alpha value is -1.97. The molecule has 1 heterocycles. The Kier molecular flexibility index (Phi) is 2.36. The lowest BCUT2D eigenvalue weighted by Gasteiger charge is -1.88. The highest BCUT2D eigenvalue weighted by molar-refractivity contribution is 5.39. The number of azo groups is 1. The van der Waals surface area contributed by atoms with Crippen LogP contribution in [-0.2, 0) is 0 Å². The molecular weight excluding hydrogens is 178 g/mol. The maximum atomic E-state index is 4.85. The van der Waals surface area contributed by atoms with Gasteiger partial charge < -0.3 is 4.52 Å². The molecule has 70 valence electrons. The number of rotatable bonds is 2. The SMILES string of the molecule is Cc1oncc1N=Nc1ccccc1. The van der Waals surface area contributed by atoms with E-state index in [9.17, 15) is 0 Å². The molecule has 4 heteroatoms. The first kappa shape index (κ1) is 8.62. The summed E-state index contributed by atoms with van der Waals surface area (Å²) in [5, 5.41) is 11.6. The molecule has 0 aliphatic heterocycles. The lowest BCUT2D eigenvalue weighted by atomic mass is 10.3. The van der Waals surface area contributed by atoms with Crippen LogP contribution in [0.15, 0.2) is 51.3 Å². The Morgan fingerprint density at radius 1 is 1.14 bits per heavy atom. The summed E-state index contributed by atoms with van der Waals surface area (Å²) in [6.45, 7) is 1.80. The standard InChI is InChI=1S/C10H9N3O/c1-8-10(7-11-14-8)13-12-9-5-3-2-4-6-9/h2-7H,1H3. The second kappa shape index (κ2) is 3.83. The molecular formula is C10H9N3O. The van der Waals surface area contributed by atoms with E-state index < -0.39 is 0 Å². The van der Waals surface area contributed by atoms with Crippen molar-refractivity contribution in [1.29, 1.82) is 0 Å². The fourth-order valence-corrected chi connectivity index (χ4v) is 0.995. The molecule has 0 unspecified atom stereocenters. The van der Waals surface area contributed by atoms with E-state index in [1.807, 2.05) is 30.3 Å². The van der Waals surface area contributed by atoms with E-state index in [2.05, 4.69) is 15.4 Å². The van der Waals surface area contributed by atoms with Crippen molar-refractivity contribution in [3.8, 4) is 0 Å². The molecule has 4 nitrogen and oxygen atoms in total. The smallest absolute Gasteiger partial charge is 0.161 e. The molecule has 0 aliphatic rings. The van der Waals surface area contributed by atoms with Crippen molar-refractivity contribution >= 4 is 11.4 Å². The van der Waals surface area contributed by atoms with Crippen LogP contribution in [-0.4, -0.2) is 5.16 Å². The number of benzene rings is 1. The molecule has 0 N–H and O–H groups in total. The first-order chi connectivity index (χ1) is 6.86. The molecule has 14 heavy (non-hydrogen) atoms. The molecule has 0 saturated carbocycles. The zero-order valence-electron chi connectivity index (χ0n) is 7.71. The van der Waals surface area contributed by atoms with Gasteiger partial charge in [-0.05, 0) is 19.1 Å². The molecule has 2 aromatic rings. The summed E-state index contributed by atoms with van der Waals surface area (Å²) < 4.78 is 4.85. The molecule has 0 atom stereocenters. The van der Waals surface area contributed by atoms with Crippen LogP contribution in [0.2, 0.25) is 0 Å². The topological polar surface area (TPSA) is 50.8 Å². The summed E-state index contributed by atoms with van der Waals surface area (Å²) in [6.07, 6.45) is 1.54. The van der Waals surface area contributed by atoms with Gasteiger partial charge in [-0.1, -0.05) is 23.4 Å². The first-order valence-electron chi connectivity index (χ1n) is 4.24. The second-order valence-corrected chi connectivity index (χ2v) is 2.80. The molecule has 1 aromatic carbocycles. The van der Waals surface area contributed by atoms with Gasteiger partial charge in [-0.2, -0.15) is 5.11 Å². The Morgan fingerprint density at radius 2 is 1.93 bits per heavy atom. The van der Waals surface area contributed by atoms with Gasteiger partial charge in [0, 0.05) is 0 Å².